The van der Waals surface area contributed by atoms with Crippen LogP contribution in [0.25, 0.3) is 0 Å². The molecule has 1 aliphatic rings. The lowest BCUT2D eigenvalue weighted by Crippen LogP contribution is -2.40. The molecule has 0 radical (unpaired) electrons. The molecule has 27 heavy (non-hydrogen) atoms. The predicted octanol–water partition coefficient (Wildman–Crippen LogP) is 3.32. The molecule has 1 atom stereocenters. The minimum Gasteiger partial charge on any atom is -0.324 e. The standard InChI is InChI=1S/C19H25N5O2S/c1-3-4-7-10-23-13-20-22-19(23)27-12-18(26)24-14(2)11-17(25)21-15-8-5-6-9-16(15)24/h5-6,8-9,13-14H,3-4,7,10-12H2,1-2H3,(H,21,25)/t14-/m0/s1. The smallest absolute Gasteiger partial charge is 0.237 e. The van der Waals surface area contributed by atoms with Gasteiger partial charge in [-0.05, 0) is 25.5 Å². The highest BCUT2D eigenvalue weighted by Gasteiger charge is 2.29. The highest BCUT2D eigenvalue weighted by molar-refractivity contribution is 7.99. The Hall–Kier alpha value is -2.35. The summed E-state index contributed by atoms with van der Waals surface area (Å²) in [7, 11) is 0. The first kappa shape index (κ1) is 19.4. The van der Waals surface area contributed by atoms with Crippen molar-refractivity contribution >= 4 is 35.0 Å². The summed E-state index contributed by atoms with van der Waals surface area (Å²) in [5, 5.41) is 11.8. The van der Waals surface area contributed by atoms with E-state index in [1.165, 1.54) is 11.8 Å². The lowest BCUT2D eigenvalue weighted by Gasteiger charge is -2.27. The van der Waals surface area contributed by atoms with Gasteiger partial charge in [0, 0.05) is 19.0 Å². The van der Waals surface area contributed by atoms with Crippen molar-refractivity contribution in [3.8, 4) is 0 Å². The number of benzene rings is 1. The van der Waals surface area contributed by atoms with Crippen molar-refractivity contribution in [1.29, 1.82) is 0 Å². The van der Waals surface area contributed by atoms with Crippen LogP contribution in [0.15, 0.2) is 35.7 Å². The van der Waals surface area contributed by atoms with Gasteiger partial charge in [0.05, 0.1) is 17.1 Å². The van der Waals surface area contributed by atoms with Crippen LogP contribution in [0.3, 0.4) is 0 Å². The first-order valence-electron chi connectivity index (χ1n) is 9.31. The van der Waals surface area contributed by atoms with Crippen LogP contribution in [-0.2, 0) is 16.1 Å². The van der Waals surface area contributed by atoms with E-state index in [1.54, 1.807) is 11.2 Å². The summed E-state index contributed by atoms with van der Waals surface area (Å²) in [5.41, 5.74) is 1.42. The summed E-state index contributed by atoms with van der Waals surface area (Å²) in [6.45, 7) is 4.93. The summed E-state index contributed by atoms with van der Waals surface area (Å²) in [4.78, 5) is 26.8. The molecule has 7 nitrogen and oxygen atoms in total. The van der Waals surface area contributed by atoms with E-state index in [0.29, 0.717) is 5.69 Å². The van der Waals surface area contributed by atoms with Gasteiger partial charge >= 0.3 is 0 Å². The molecule has 1 aromatic heterocycles. The Kier molecular flexibility index (Phi) is 6.49. The van der Waals surface area contributed by atoms with Crippen LogP contribution in [-0.4, -0.2) is 38.4 Å². The van der Waals surface area contributed by atoms with Gasteiger partial charge in [0.15, 0.2) is 5.16 Å². The molecule has 1 aromatic carbocycles. The molecule has 0 spiro atoms. The molecule has 2 amide bonds. The summed E-state index contributed by atoms with van der Waals surface area (Å²) in [6, 6.07) is 7.21. The van der Waals surface area contributed by atoms with Crippen molar-refractivity contribution in [3.05, 3.63) is 30.6 Å². The van der Waals surface area contributed by atoms with E-state index in [-0.39, 0.29) is 30.0 Å². The third kappa shape index (κ3) is 4.68. The van der Waals surface area contributed by atoms with Gasteiger partial charge in [0.25, 0.3) is 0 Å². The van der Waals surface area contributed by atoms with Crippen molar-refractivity contribution in [2.75, 3.05) is 16.0 Å². The lowest BCUT2D eigenvalue weighted by molar-refractivity contribution is -0.117. The van der Waals surface area contributed by atoms with Crippen molar-refractivity contribution in [2.24, 2.45) is 0 Å². The number of hydrogen-bond acceptors (Lipinski definition) is 5. The molecule has 144 valence electrons. The molecular weight excluding hydrogens is 362 g/mol. The van der Waals surface area contributed by atoms with Crippen molar-refractivity contribution in [2.45, 2.75) is 57.3 Å². The third-order valence-corrected chi connectivity index (χ3v) is 5.50. The van der Waals surface area contributed by atoms with Gasteiger partial charge < -0.3 is 14.8 Å². The summed E-state index contributed by atoms with van der Waals surface area (Å²) in [5.74, 6) is 0.132. The summed E-state index contributed by atoms with van der Waals surface area (Å²) < 4.78 is 2.00. The molecule has 0 saturated heterocycles. The molecule has 0 bridgehead atoms. The van der Waals surface area contributed by atoms with E-state index in [9.17, 15) is 9.59 Å². The molecule has 0 fully saturated rings. The summed E-state index contributed by atoms with van der Waals surface area (Å²) >= 11 is 1.39. The van der Waals surface area contributed by atoms with E-state index in [0.717, 1.165) is 36.7 Å². The van der Waals surface area contributed by atoms with Gasteiger partial charge in [-0.2, -0.15) is 0 Å². The molecule has 0 saturated carbocycles. The molecule has 2 aromatic rings. The van der Waals surface area contributed by atoms with Gasteiger partial charge in [0.1, 0.15) is 6.33 Å². The molecule has 2 heterocycles. The van der Waals surface area contributed by atoms with Gasteiger partial charge in [0.2, 0.25) is 11.8 Å². The van der Waals surface area contributed by atoms with Crippen molar-refractivity contribution < 1.29 is 9.59 Å². The maximum atomic E-state index is 13.0. The topological polar surface area (TPSA) is 80.1 Å². The van der Waals surface area contributed by atoms with Crippen LogP contribution >= 0.6 is 11.8 Å². The zero-order chi connectivity index (χ0) is 19.2. The average molecular weight is 388 g/mol. The Labute approximate surface area is 163 Å². The normalized spacial score (nSPS) is 16.6. The number of rotatable bonds is 7. The minimum atomic E-state index is -0.204. The molecule has 0 aliphatic carbocycles. The highest BCUT2D eigenvalue weighted by atomic mass is 32.2. The number of amides is 2. The number of nitrogens with one attached hydrogen (secondary N) is 1. The Morgan fingerprint density at radius 3 is 2.96 bits per heavy atom. The zero-order valence-corrected chi connectivity index (χ0v) is 16.5. The Morgan fingerprint density at radius 1 is 1.33 bits per heavy atom. The molecule has 1 aliphatic heterocycles. The van der Waals surface area contributed by atoms with Crippen LogP contribution in [0, 0.1) is 0 Å². The van der Waals surface area contributed by atoms with E-state index >= 15 is 0 Å². The van der Waals surface area contributed by atoms with Crippen LogP contribution in [0.4, 0.5) is 11.4 Å². The second kappa shape index (κ2) is 9.03. The highest BCUT2D eigenvalue weighted by Crippen LogP contribution is 2.32. The SMILES string of the molecule is CCCCCn1cnnc1SCC(=O)N1c2ccccc2NC(=O)C[C@@H]1C. The molecule has 3 rings (SSSR count). The number of anilines is 2. The fraction of sp³-hybridized carbons (Fsp3) is 0.474. The predicted molar refractivity (Wildman–Crippen MR) is 107 cm³/mol. The number of carbonyl (C=O) groups is 2. The number of fused-ring (bicyclic) bond motifs is 1. The first-order chi connectivity index (χ1) is 13.1. The quantitative estimate of drug-likeness (QED) is 0.582. The van der Waals surface area contributed by atoms with Gasteiger partial charge in [-0.1, -0.05) is 43.7 Å². The number of hydrogen-bond donors (Lipinski definition) is 1. The zero-order valence-electron chi connectivity index (χ0n) is 15.7. The Morgan fingerprint density at radius 2 is 2.15 bits per heavy atom. The Bertz CT molecular complexity index is 807. The second-order valence-electron chi connectivity index (χ2n) is 6.68. The van der Waals surface area contributed by atoms with Gasteiger partial charge in [-0.15, -0.1) is 10.2 Å². The lowest BCUT2D eigenvalue weighted by atomic mass is 10.2. The van der Waals surface area contributed by atoms with Crippen LogP contribution in [0.2, 0.25) is 0 Å². The fourth-order valence-corrected chi connectivity index (χ4v) is 4.01. The van der Waals surface area contributed by atoms with Gasteiger partial charge in [-0.3, -0.25) is 9.59 Å². The third-order valence-electron chi connectivity index (χ3n) is 4.54. The largest absolute Gasteiger partial charge is 0.324 e. The number of carbonyl (C=O) groups excluding carboxylic acids is 2. The number of thioether (sulfide) groups is 1. The number of aryl methyl sites for hydroxylation is 1. The molecule has 8 heteroatoms. The maximum absolute atomic E-state index is 13.0. The second-order valence-corrected chi connectivity index (χ2v) is 7.63. The fourth-order valence-electron chi connectivity index (χ4n) is 3.21. The number of para-hydroxylation sites is 2. The van der Waals surface area contributed by atoms with E-state index in [4.69, 9.17) is 0 Å². The van der Waals surface area contributed by atoms with Crippen LogP contribution in [0.5, 0.6) is 0 Å². The maximum Gasteiger partial charge on any atom is 0.237 e. The minimum absolute atomic E-state index is 0.0421. The molecule has 0 unspecified atom stereocenters. The van der Waals surface area contributed by atoms with E-state index in [1.807, 2.05) is 35.8 Å². The molecule has 1 N–H and O–H groups in total. The van der Waals surface area contributed by atoms with Gasteiger partial charge in [-0.25, -0.2) is 0 Å². The number of unbranched alkanes of at least 4 members (excludes halogenated alkanes) is 2. The first-order valence-corrected chi connectivity index (χ1v) is 10.3. The monoisotopic (exact) mass is 387 g/mol. The number of nitrogens with zero attached hydrogens (tertiary/aromatic N) is 4. The van der Waals surface area contributed by atoms with E-state index < -0.39 is 0 Å². The van der Waals surface area contributed by atoms with Crippen molar-refractivity contribution in [3.63, 3.8) is 0 Å². The molecular formula is C19H25N5O2S. The van der Waals surface area contributed by atoms with E-state index in [2.05, 4.69) is 22.4 Å². The average Bonchev–Trinajstić information content (AvgIpc) is 3.03. The number of aromatic nitrogens is 3. The summed E-state index contributed by atoms with van der Waals surface area (Å²) in [6.07, 6.45) is 5.37. The van der Waals surface area contributed by atoms with Crippen LogP contribution in [0.1, 0.15) is 39.5 Å². The Balaban J connectivity index is 1.71. The van der Waals surface area contributed by atoms with Crippen LogP contribution < -0.4 is 10.2 Å². The van der Waals surface area contributed by atoms with Crippen molar-refractivity contribution in [1.82, 2.24) is 14.8 Å².